The van der Waals surface area contributed by atoms with Crippen molar-refractivity contribution in [1.29, 1.82) is 0 Å². The van der Waals surface area contributed by atoms with Crippen LogP contribution in [-0.2, 0) is 6.54 Å². The Labute approximate surface area is 61.5 Å². The van der Waals surface area contributed by atoms with Gasteiger partial charge in [-0.1, -0.05) is 0 Å². The largest absolute Gasteiger partial charge is 0.465 e. The van der Waals surface area contributed by atoms with Crippen LogP contribution in [0.15, 0.2) is 6.33 Å². The third-order valence-corrected chi connectivity index (χ3v) is 0.847. The second-order valence-electron chi connectivity index (χ2n) is 1.62. The summed E-state index contributed by atoms with van der Waals surface area (Å²) in [5.74, 6) is 0.245. The van der Waals surface area contributed by atoms with Gasteiger partial charge in [0, 0.05) is 0 Å². The lowest BCUT2D eigenvalue weighted by atomic mass is 10.6. The van der Waals surface area contributed by atoms with Crippen molar-refractivity contribution >= 4 is 6.09 Å². The molecule has 0 bridgehead atoms. The number of hydrogen-bond donors (Lipinski definition) is 2. The fourth-order valence-electron chi connectivity index (χ4n) is 0.453. The average molecular weight is 155 g/mol. The Morgan fingerprint density at radius 2 is 2.18 bits per heavy atom. The van der Waals surface area contributed by atoms with Gasteiger partial charge >= 0.3 is 6.09 Å². The van der Waals surface area contributed by atoms with E-state index in [4.69, 9.17) is 5.11 Å². The Morgan fingerprint density at radius 1 is 1.55 bits per heavy atom. The number of carbonyl (C=O) groups is 1. The normalized spacial score (nSPS) is 9.09. The molecular weight excluding hydrogens is 150 g/mol. The second kappa shape index (κ2) is 3.40. The molecule has 7 heteroatoms. The molecule has 58 valence electrons. The van der Waals surface area contributed by atoms with E-state index < -0.39 is 6.09 Å². The Morgan fingerprint density at radius 3 is 2.73 bits per heavy atom. The van der Waals surface area contributed by atoms with E-state index in [1.165, 1.54) is 6.33 Å². The minimum Gasteiger partial charge on any atom is -0.465 e. The van der Waals surface area contributed by atoms with Crippen molar-refractivity contribution in [1.82, 2.24) is 25.7 Å². The third-order valence-electron chi connectivity index (χ3n) is 0.847. The van der Waals surface area contributed by atoms with Crippen LogP contribution in [-0.4, -0.2) is 31.6 Å². The van der Waals surface area contributed by atoms with Crippen molar-refractivity contribution in [2.45, 2.75) is 6.54 Å². The Kier molecular flexibility index (Phi) is 2.26. The van der Waals surface area contributed by atoms with Gasteiger partial charge in [-0.05, 0) is 0 Å². The van der Waals surface area contributed by atoms with Crippen LogP contribution in [0.4, 0.5) is 4.79 Å². The minimum atomic E-state index is -1.13. The van der Waals surface area contributed by atoms with Gasteiger partial charge < -0.3 is 10.4 Å². The van der Waals surface area contributed by atoms with Crippen LogP contribution in [0.3, 0.4) is 0 Å². The molecule has 7 nitrogen and oxygen atoms in total. The van der Waals surface area contributed by atoms with Crippen molar-refractivity contribution in [2.75, 3.05) is 0 Å². The number of nitrogens with one attached hydrogen (secondary N) is 1. The summed E-state index contributed by atoms with van der Waals surface area (Å²) in [7, 11) is 0. The molecule has 0 spiro atoms. The molecule has 0 saturated carbocycles. The molecule has 1 aromatic rings. The predicted octanol–water partition coefficient (Wildman–Crippen LogP) is -0.966. The molecule has 0 radical (unpaired) electrons. The maximum Gasteiger partial charge on any atom is 0.405 e. The van der Waals surface area contributed by atoms with Crippen LogP contribution >= 0.6 is 0 Å². The summed E-state index contributed by atoms with van der Waals surface area (Å²) in [6.07, 6.45) is 0.0435. The highest BCUT2D eigenvalue weighted by Crippen LogP contribution is 1.79. The number of carboxylic acid groups (broad SMARTS) is 1. The van der Waals surface area contributed by atoms with Crippen molar-refractivity contribution < 1.29 is 9.90 Å². The highest BCUT2D eigenvalue weighted by atomic mass is 16.4. The zero-order valence-electron chi connectivity index (χ0n) is 5.43. The first-order chi connectivity index (χ1) is 5.29. The molecule has 0 aliphatic heterocycles. The Bertz CT molecular complexity index is 237. The molecule has 0 aromatic carbocycles. The summed E-state index contributed by atoms with van der Waals surface area (Å²) in [5.41, 5.74) is 0. The number of amides is 1. The molecule has 11 heavy (non-hydrogen) atoms. The molecule has 1 aromatic heterocycles. The topological polar surface area (TPSA) is 101 Å². The van der Waals surface area contributed by atoms with Crippen molar-refractivity contribution in [3.63, 3.8) is 0 Å². The smallest absolute Gasteiger partial charge is 0.405 e. The standard InChI is InChI=1S/C4H5N5O2/c10-4(11)5-1-3-8-6-2-7-9-3/h2,5H,1H2,(H,10,11). The van der Waals surface area contributed by atoms with E-state index in [0.717, 1.165) is 0 Å². The first-order valence-corrected chi connectivity index (χ1v) is 2.75. The summed E-state index contributed by atoms with van der Waals surface area (Å²) in [5, 5.41) is 24.1. The lowest BCUT2D eigenvalue weighted by molar-refractivity contribution is 0.193. The van der Waals surface area contributed by atoms with Gasteiger partial charge in [0.1, 0.15) is 0 Å². The van der Waals surface area contributed by atoms with Crippen LogP contribution in [0, 0.1) is 0 Å². The summed E-state index contributed by atoms with van der Waals surface area (Å²) in [6.45, 7) is 0.0240. The second-order valence-corrected chi connectivity index (χ2v) is 1.62. The summed E-state index contributed by atoms with van der Waals surface area (Å²) in [4.78, 5) is 9.97. The van der Waals surface area contributed by atoms with Crippen molar-refractivity contribution in [2.24, 2.45) is 0 Å². The quantitative estimate of drug-likeness (QED) is 0.570. The van der Waals surface area contributed by atoms with Crippen LogP contribution in [0.5, 0.6) is 0 Å². The fraction of sp³-hybridized carbons (Fsp3) is 0.250. The van der Waals surface area contributed by atoms with Gasteiger partial charge in [-0.25, -0.2) is 4.79 Å². The van der Waals surface area contributed by atoms with Gasteiger partial charge in [-0.15, -0.1) is 20.4 Å². The lowest BCUT2D eigenvalue weighted by Crippen LogP contribution is -2.21. The first kappa shape index (κ1) is 7.32. The van der Waals surface area contributed by atoms with E-state index in [0.29, 0.717) is 0 Å². The van der Waals surface area contributed by atoms with Gasteiger partial charge in [0.15, 0.2) is 12.2 Å². The number of nitrogens with zero attached hydrogens (tertiary/aromatic N) is 4. The van der Waals surface area contributed by atoms with E-state index in [1.54, 1.807) is 0 Å². The minimum absolute atomic E-state index is 0.0240. The number of rotatable bonds is 2. The fourth-order valence-corrected chi connectivity index (χ4v) is 0.453. The summed E-state index contributed by atoms with van der Waals surface area (Å²) >= 11 is 0. The molecule has 0 saturated heterocycles. The van der Waals surface area contributed by atoms with E-state index in [-0.39, 0.29) is 12.4 Å². The molecule has 0 unspecified atom stereocenters. The van der Waals surface area contributed by atoms with Crippen molar-refractivity contribution in [3.05, 3.63) is 12.2 Å². The van der Waals surface area contributed by atoms with E-state index >= 15 is 0 Å². The average Bonchev–Trinajstić information content (AvgIpc) is 2.03. The molecule has 0 aliphatic carbocycles. The molecule has 0 fully saturated rings. The maximum atomic E-state index is 9.97. The number of aromatic nitrogens is 4. The van der Waals surface area contributed by atoms with Crippen LogP contribution < -0.4 is 5.32 Å². The maximum absolute atomic E-state index is 9.97. The highest BCUT2D eigenvalue weighted by Gasteiger charge is 1.97. The lowest BCUT2D eigenvalue weighted by Gasteiger charge is -1.95. The highest BCUT2D eigenvalue weighted by molar-refractivity contribution is 5.64. The van der Waals surface area contributed by atoms with Crippen molar-refractivity contribution in [3.8, 4) is 0 Å². The first-order valence-electron chi connectivity index (χ1n) is 2.75. The molecule has 1 amide bonds. The molecular formula is C4H5N5O2. The molecule has 1 heterocycles. The molecule has 0 atom stereocenters. The monoisotopic (exact) mass is 155 g/mol. The number of hydrogen-bond acceptors (Lipinski definition) is 5. The van der Waals surface area contributed by atoms with Gasteiger partial charge in [0.05, 0.1) is 6.54 Å². The Balaban J connectivity index is 2.45. The summed E-state index contributed by atoms with van der Waals surface area (Å²) in [6, 6.07) is 0. The van der Waals surface area contributed by atoms with Crippen LogP contribution in [0.25, 0.3) is 0 Å². The van der Waals surface area contributed by atoms with E-state index in [1.807, 2.05) is 0 Å². The van der Waals surface area contributed by atoms with Crippen LogP contribution in [0.1, 0.15) is 5.82 Å². The zero-order chi connectivity index (χ0) is 8.10. The SMILES string of the molecule is O=C(O)NCc1nncnn1. The molecule has 2 N–H and O–H groups in total. The summed E-state index contributed by atoms with van der Waals surface area (Å²) < 4.78 is 0. The van der Waals surface area contributed by atoms with E-state index in [2.05, 4.69) is 25.7 Å². The molecule has 1 rings (SSSR count). The Hall–Kier alpha value is -1.79. The van der Waals surface area contributed by atoms with Gasteiger partial charge in [0.2, 0.25) is 0 Å². The van der Waals surface area contributed by atoms with Gasteiger partial charge in [-0.2, -0.15) is 0 Å². The molecule has 0 aliphatic rings. The van der Waals surface area contributed by atoms with Gasteiger partial charge in [-0.3, -0.25) is 0 Å². The third kappa shape index (κ3) is 2.52. The zero-order valence-corrected chi connectivity index (χ0v) is 5.43. The van der Waals surface area contributed by atoms with Gasteiger partial charge in [0.25, 0.3) is 0 Å². The van der Waals surface area contributed by atoms with E-state index in [9.17, 15) is 4.79 Å². The van der Waals surface area contributed by atoms with Crippen LogP contribution in [0.2, 0.25) is 0 Å². The predicted molar refractivity (Wildman–Crippen MR) is 32.5 cm³/mol.